The highest BCUT2D eigenvalue weighted by molar-refractivity contribution is 7.09. The molecule has 194 valence electrons. The molecule has 0 aliphatic carbocycles. The number of nitrogens with one attached hydrogen (secondary N) is 1. The third-order valence-electron chi connectivity index (χ3n) is 4.36. The fraction of sp³-hybridized carbons (Fsp3) is 0.565. The van der Waals surface area contributed by atoms with E-state index >= 15 is 0 Å². The molecule has 0 bridgehead atoms. The number of hydrogen-bond donors (Lipinski definition) is 1. The molecular formula is C23H31F3N4O4S. The van der Waals surface area contributed by atoms with Crippen molar-refractivity contribution in [2.45, 2.75) is 85.0 Å². The lowest BCUT2D eigenvalue weighted by atomic mass is 9.98. The quantitative estimate of drug-likeness (QED) is 0.503. The van der Waals surface area contributed by atoms with Crippen LogP contribution in [0.2, 0.25) is 0 Å². The van der Waals surface area contributed by atoms with Crippen LogP contribution in [0, 0.1) is 0 Å². The van der Waals surface area contributed by atoms with E-state index in [4.69, 9.17) is 9.57 Å². The molecule has 1 heterocycles. The lowest BCUT2D eigenvalue weighted by Crippen LogP contribution is -2.34. The highest BCUT2D eigenvalue weighted by Crippen LogP contribution is 2.33. The lowest BCUT2D eigenvalue weighted by Gasteiger charge is -2.20. The number of amides is 2. The maximum absolute atomic E-state index is 13.3. The van der Waals surface area contributed by atoms with Crippen molar-refractivity contribution in [2.75, 3.05) is 0 Å². The van der Waals surface area contributed by atoms with Crippen LogP contribution >= 0.6 is 11.3 Å². The predicted molar refractivity (Wildman–Crippen MR) is 125 cm³/mol. The molecule has 0 spiro atoms. The number of rotatable bonds is 6. The number of carbonyl (C=O) groups is 2. The zero-order valence-corrected chi connectivity index (χ0v) is 21.7. The van der Waals surface area contributed by atoms with Gasteiger partial charge in [0.25, 0.3) is 5.91 Å². The molecule has 1 aromatic heterocycles. The zero-order chi connectivity index (χ0) is 26.6. The molecule has 1 N–H and O–H groups in total. The van der Waals surface area contributed by atoms with Crippen LogP contribution in [0.15, 0.2) is 23.2 Å². The summed E-state index contributed by atoms with van der Waals surface area (Å²) in [4.78, 5) is 34.5. The van der Waals surface area contributed by atoms with Crippen molar-refractivity contribution in [3.05, 3.63) is 39.1 Å². The highest BCUT2D eigenvalue weighted by Gasteiger charge is 2.32. The SMILES string of the molecule is CCCCn1nc(C(C)(C)C)sc1=NC(=O)c1cc(C(F)(F)F)ccc1ONC(=O)OC(C)(C)C. The Morgan fingerprint density at radius 2 is 1.80 bits per heavy atom. The Kier molecular flexibility index (Phi) is 8.75. The van der Waals surface area contributed by atoms with Gasteiger partial charge in [-0.3, -0.25) is 4.79 Å². The maximum atomic E-state index is 13.3. The van der Waals surface area contributed by atoms with Crippen LogP contribution < -0.4 is 15.1 Å². The van der Waals surface area contributed by atoms with Crippen molar-refractivity contribution in [2.24, 2.45) is 4.99 Å². The van der Waals surface area contributed by atoms with E-state index in [1.807, 2.05) is 33.2 Å². The third kappa shape index (κ3) is 8.37. The van der Waals surface area contributed by atoms with Gasteiger partial charge in [-0.15, -0.1) is 0 Å². The Morgan fingerprint density at radius 3 is 2.34 bits per heavy atom. The number of unbranched alkanes of at least 4 members (excludes halogenated alkanes) is 1. The van der Waals surface area contributed by atoms with Gasteiger partial charge in [0.05, 0.1) is 11.1 Å². The molecule has 35 heavy (non-hydrogen) atoms. The minimum absolute atomic E-state index is 0.261. The zero-order valence-electron chi connectivity index (χ0n) is 20.9. The molecule has 0 aliphatic rings. The van der Waals surface area contributed by atoms with Crippen LogP contribution in [-0.4, -0.2) is 27.4 Å². The molecule has 1 aromatic carbocycles. The van der Waals surface area contributed by atoms with Crippen molar-refractivity contribution in [1.82, 2.24) is 15.3 Å². The van der Waals surface area contributed by atoms with Gasteiger partial charge in [-0.2, -0.15) is 28.7 Å². The summed E-state index contributed by atoms with van der Waals surface area (Å²) >= 11 is 1.19. The molecule has 8 nitrogen and oxygen atoms in total. The van der Waals surface area contributed by atoms with Crippen molar-refractivity contribution >= 4 is 23.3 Å². The van der Waals surface area contributed by atoms with Gasteiger partial charge in [-0.1, -0.05) is 45.5 Å². The summed E-state index contributed by atoms with van der Waals surface area (Å²) in [6.45, 7) is 13.3. The van der Waals surface area contributed by atoms with Gasteiger partial charge in [-0.05, 0) is 45.4 Å². The number of carbonyl (C=O) groups excluding carboxylic acids is 2. The number of aromatic nitrogens is 2. The molecule has 0 saturated carbocycles. The number of ether oxygens (including phenoxy) is 1. The first kappa shape index (κ1) is 28.3. The summed E-state index contributed by atoms with van der Waals surface area (Å²) < 4.78 is 46.7. The molecule has 0 radical (unpaired) electrons. The Morgan fingerprint density at radius 1 is 1.14 bits per heavy atom. The minimum atomic E-state index is -4.70. The molecule has 0 unspecified atom stereocenters. The van der Waals surface area contributed by atoms with Crippen LogP contribution in [-0.2, 0) is 22.9 Å². The van der Waals surface area contributed by atoms with E-state index in [2.05, 4.69) is 10.1 Å². The van der Waals surface area contributed by atoms with Crippen molar-refractivity contribution in [3.8, 4) is 5.75 Å². The van der Waals surface area contributed by atoms with E-state index < -0.39 is 34.9 Å². The monoisotopic (exact) mass is 516 g/mol. The number of hydroxylamine groups is 1. The summed E-state index contributed by atoms with van der Waals surface area (Å²) in [7, 11) is 0. The van der Waals surface area contributed by atoms with Crippen molar-refractivity contribution in [1.29, 1.82) is 0 Å². The summed E-state index contributed by atoms with van der Waals surface area (Å²) in [5, 5.41) is 5.27. The van der Waals surface area contributed by atoms with Gasteiger partial charge < -0.3 is 9.57 Å². The summed E-state index contributed by atoms with van der Waals surface area (Å²) in [5.41, 5.74) is -0.677. The van der Waals surface area contributed by atoms with Gasteiger partial charge in [0.1, 0.15) is 10.6 Å². The standard InChI is InChI=1S/C23H31F3N4O4S/c1-8-9-12-30-19(35-18(28-30)21(2,3)4)27-17(31)15-13-14(23(24,25)26)10-11-16(15)34-29-20(32)33-22(5,6)7/h10-11,13H,8-9,12H2,1-7H3,(H,29,32). The van der Waals surface area contributed by atoms with Gasteiger partial charge in [-0.25, -0.2) is 9.48 Å². The van der Waals surface area contributed by atoms with E-state index in [0.717, 1.165) is 30.0 Å². The van der Waals surface area contributed by atoms with E-state index in [1.54, 1.807) is 25.5 Å². The second kappa shape index (κ2) is 10.8. The highest BCUT2D eigenvalue weighted by atomic mass is 32.1. The minimum Gasteiger partial charge on any atom is -0.442 e. The van der Waals surface area contributed by atoms with Gasteiger partial charge >= 0.3 is 12.3 Å². The number of alkyl halides is 3. The maximum Gasteiger partial charge on any atom is 0.441 e. The molecule has 0 saturated heterocycles. The average molecular weight is 517 g/mol. The Bertz CT molecular complexity index is 1130. The van der Waals surface area contributed by atoms with E-state index in [0.29, 0.717) is 12.6 Å². The first-order valence-corrected chi connectivity index (χ1v) is 11.9. The fourth-order valence-electron chi connectivity index (χ4n) is 2.65. The Hall–Kier alpha value is -2.89. The average Bonchev–Trinajstić information content (AvgIpc) is 3.11. The first-order valence-electron chi connectivity index (χ1n) is 11.1. The smallest absolute Gasteiger partial charge is 0.441 e. The third-order valence-corrected chi connectivity index (χ3v) is 5.74. The predicted octanol–water partition coefficient (Wildman–Crippen LogP) is 5.62. The Labute approximate surface area is 206 Å². The van der Waals surface area contributed by atoms with Gasteiger partial charge in [0.2, 0.25) is 4.80 Å². The second-order valence-corrected chi connectivity index (χ2v) is 10.8. The van der Waals surface area contributed by atoms with Crippen molar-refractivity contribution in [3.63, 3.8) is 0 Å². The van der Waals surface area contributed by atoms with Crippen molar-refractivity contribution < 1.29 is 32.3 Å². The molecule has 2 aromatic rings. The number of hydrogen-bond acceptors (Lipinski definition) is 6. The lowest BCUT2D eigenvalue weighted by molar-refractivity contribution is -0.137. The van der Waals surface area contributed by atoms with Gasteiger partial charge in [0.15, 0.2) is 5.75 Å². The number of nitrogens with zero attached hydrogens (tertiary/aromatic N) is 3. The summed E-state index contributed by atoms with van der Waals surface area (Å²) in [6.07, 6.45) is -4.00. The number of aryl methyl sites for hydroxylation is 1. The van der Waals surface area contributed by atoms with E-state index in [-0.39, 0.29) is 16.0 Å². The molecule has 2 amide bonds. The summed E-state index contributed by atoms with van der Waals surface area (Å²) in [6, 6.07) is 2.33. The van der Waals surface area contributed by atoms with E-state index in [9.17, 15) is 22.8 Å². The first-order chi connectivity index (χ1) is 16.0. The molecule has 0 aliphatic heterocycles. The topological polar surface area (TPSA) is 94.8 Å². The van der Waals surface area contributed by atoms with Crippen LogP contribution in [0.25, 0.3) is 0 Å². The molecule has 2 rings (SSSR count). The van der Waals surface area contributed by atoms with Crippen LogP contribution in [0.3, 0.4) is 0 Å². The van der Waals surface area contributed by atoms with Crippen LogP contribution in [0.4, 0.5) is 18.0 Å². The molecule has 12 heteroatoms. The van der Waals surface area contributed by atoms with Crippen LogP contribution in [0.1, 0.15) is 82.2 Å². The molecule has 0 fully saturated rings. The summed E-state index contributed by atoms with van der Waals surface area (Å²) in [5.74, 6) is -1.27. The number of benzene rings is 1. The van der Waals surface area contributed by atoms with Gasteiger partial charge in [0, 0.05) is 12.0 Å². The largest absolute Gasteiger partial charge is 0.442 e. The second-order valence-electron chi connectivity index (χ2n) is 9.85. The Balaban J connectivity index is 2.50. The van der Waals surface area contributed by atoms with Crippen LogP contribution in [0.5, 0.6) is 5.75 Å². The van der Waals surface area contributed by atoms with E-state index in [1.165, 1.54) is 11.3 Å². The molecule has 0 atom stereocenters. The fourth-order valence-corrected chi connectivity index (χ4v) is 3.64. The number of halogens is 3. The molecular weight excluding hydrogens is 485 g/mol. The normalized spacial score (nSPS) is 13.0.